The minimum atomic E-state index is -2.75. The first-order valence-corrected chi connectivity index (χ1v) is 13.5. The van der Waals surface area contributed by atoms with E-state index in [0.29, 0.717) is 43.3 Å². The van der Waals surface area contributed by atoms with Gasteiger partial charge < -0.3 is 23.5 Å². The number of fused-ring (bicyclic) bond motifs is 1. The predicted molar refractivity (Wildman–Crippen MR) is 125 cm³/mol. The van der Waals surface area contributed by atoms with E-state index in [2.05, 4.69) is 0 Å². The van der Waals surface area contributed by atoms with Crippen LogP contribution in [0, 0.1) is 0 Å². The molecule has 0 bridgehead atoms. The zero-order chi connectivity index (χ0) is 22.3. The third kappa shape index (κ3) is 6.10. The van der Waals surface area contributed by atoms with Gasteiger partial charge in [0.2, 0.25) is 0 Å². The van der Waals surface area contributed by atoms with Gasteiger partial charge in [0.25, 0.3) is 0 Å². The molecule has 1 atom stereocenters. The number of hydrogen-bond donors (Lipinski definition) is 2. The van der Waals surface area contributed by atoms with Crippen LogP contribution in [0.1, 0.15) is 61.8 Å². The Labute approximate surface area is 187 Å². The molecule has 3 rings (SSSR count). The first kappa shape index (κ1) is 23.8. The molecule has 6 heteroatoms. The Hall–Kier alpha value is -1.86. The molecular weight excluding hydrogens is 408 g/mol. The highest BCUT2D eigenvalue weighted by atomic mass is 28.4. The standard InChI is InChI=1S/C25H36O5Si/c1-4-28-31(29-5-2,30-6-3)15-14-22-17-24(27)16-21-9-7-8-20(18-25(21)22)19-10-12-23(26)13-11-19/h10-13,16-17,20,26-27H,4-9,14-15,18H2,1-3H3. The number of rotatable bonds is 10. The van der Waals surface area contributed by atoms with E-state index in [0.717, 1.165) is 37.7 Å². The van der Waals surface area contributed by atoms with E-state index in [-0.39, 0.29) is 0 Å². The van der Waals surface area contributed by atoms with Gasteiger partial charge >= 0.3 is 8.80 Å². The number of aromatic hydroxyl groups is 2. The molecule has 2 aromatic rings. The summed E-state index contributed by atoms with van der Waals surface area (Å²) >= 11 is 0. The maximum Gasteiger partial charge on any atom is 0.501 e. The van der Waals surface area contributed by atoms with Crippen LogP contribution in [0.5, 0.6) is 11.5 Å². The van der Waals surface area contributed by atoms with E-state index < -0.39 is 8.80 Å². The van der Waals surface area contributed by atoms with Crippen molar-refractivity contribution < 1.29 is 23.5 Å². The van der Waals surface area contributed by atoms with E-state index in [9.17, 15) is 10.2 Å². The summed E-state index contributed by atoms with van der Waals surface area (Å²) in [6, 6.07) is 12.1. The second kappa shape index (κ2) is 11.1. The fourth-order valence-electron chi connectivity index (χ4n) is 4.69. The van der Waals surface area contributed by atoms with Gasteiger partial charge in [-0.2, -0.15) is 0 Å². The molecule has 0 fully saturated rings. The summed E-state index contributed by atoms with van der Waals surface area (Å²) in [6.07, 6.45) is 4.83. The number of benzene rings is 2. The molecule has 0 saturated heterocycles. The lowest BCUT2D eigenvalue weighted by Crippen LogP contribution is -2.46. The van der Waals surface area contributed by atoms with Gasteiger partial charge in [0.15, 0.2) is 0 Å². The van der Waals surface area contributed by atoms with Crippen LogP contribution in [0.25, 0.3) is 0 Å². The largest absolute Gasteiger partial charge is 0.508 e. The smallest absolute Gasteiger partial charge is 0.501 e. The van der Waals surface area contributed by atoms with Gasteiger partial charge in [-0.15, -0.1) is 0 Å². The van der Waals surface area contributed by atoms with E-state index >= 15 is 0 Å². The number of hydrogen-bond acceptors (Lipinski definition) is 5. The van der Waals surface area contributed by atoms with Crippen LogP contribution in [0.3, 0.4) is 0 Å². The molecule has 0 heterocycles. The summed E-state index contributed by atoms with van der Waals surface area (Å²) in [6.45, 7) is 7.61. The molecule has 0 amide bonds. The molecule has 31 heavy (non-hydrogen) atoms. The summed E-state index contributed by atoms with van der Waals surface area (Å²) in [5.41, 5.74) is 5.00. The molecule has 0 radical (unpaired) electrons. The van der Waals surface area contributed by atoms with Crippen molar-refractivity contribution in [3.05, 3.63) is 58.7 Å². The molecular formula is C25H36O5Si. The molecule has 2 aromatic carbocycles. The van der Waals surface area contributed by atoms with Crippen molar-refractivity contribution in [3.8, 4) is 11.5 Å². The Morgan fingerprint density at radius 2 is 1.55 bits per heavy atom. The van der Waals surface area contributed by atoms with E-state index in [1.54, 1.807) is 12.1 Å². The van der Waals surface area contributed by atoms with Crippen molar-refractivity contribution in [1.82, 2.24) is 0 Å². The quantitative estimate of drug-likeness (QED) is 0.382. The van der Waals surface area contributed by atoms with Gasteiger partial charge in [-0.3, -0.25) is 0 Å². The van der Waals surface area contributed by atoms with Crippen molar-refractivity contribution in [2.75, 3.05) is 19.8 Å². The molecule has 1 aliphatic carbocycles. The Morgan fingerprint density at radius 3 is 2.16 bits per heavy atom. The Balaban J connectivity index is 1.88. The number of phenols is 2. The first-order valence-electron chi connectivity index (χ1n) is 11.5. The average Bonchev–Trinajstić information content (AvgIpc) is 2.96. The molecule has 0 aliphatic heterocycles. The van der Waals surface area contributed by atoms with Crippen molar-refractivity contribution >= 4 is 8.80 Å². The molecule has 0 saturated carbocycles. The molecule has 5 nitrogen and oxygen atoms in total. The fraction of sp³-hybridized carbons (Fsp3) is 0.520. The number of phenolic OH excluding ortho intramolecular Hbond substituents is 2. The van der Waals surface area contributed by atoms with E-state index in [1.165, 1.54) is 16.7 Å². The van der Waals surface area contributed by atoms with Gasteiger partial charge in [-0.05, 0) is 105 Å². The van der Waals surface area contributed by atoms with Crippen LogP contribution in [-0.2, 0) is 32.5 Å². The zero-order valence-electron chi connectivity index (χ0n) is 19.0. The highest BCUT2D eigenvalue weighted by Crippen LogP contribution is 2.36. The van der Waals surface area contributed by atoms with Gasteiger partial charge in [0.05, 0.1) is 0 Å². The van der Waals surface area contributed by atoms with Gasteiger partial charge in [0, 0.05) is 25.9 Å². The van der Waals surface area contributed by atoms with Crippen LogP contribution in [0.4, 0.5) is 0 Å². The van der Waals surface area contributed by atoms with E-state index in [1.807, 2.05) is 45.0 Å². The third-order valence-electron chi connectivity index (χ3n) is 6.03. The molecule has 0 aromatic heterocycles. The molecule has 2 N–H and O–H groups in total. The summed E-state index contributed by atoms with van der Waals surface area (Å²) in [7, 11) is -2.75. The monoisotopic (exact) mass is 444 g/mol. The minimum absolute atomic E-state index is 0.299. The van der Waals surface area contributed by atoms with Crippen molar-refractivity contribution in [1.29, 1.82) is 0 Å². The topological polar surface area (TPSA) is 68.2 Å². The van der Waals surface area contributed by atoms with E-state index in [4.69, 9.17) is 13.3 Å². The van der Waals surface area contributed by atoms with Crippen LogP contribution in [-0.4, -0.2) is 38.8 Å². The second-order valence-electron chi connectivity index (χ2n) is 8.11. The second-order valence-corrected chi connectivity index (χ2v) is 10.8. The molecule has 1 aliphatic rings. The van der Waals surface area contributed by atoms with Crippen molar-refractivity contribution in [2.45, 2.75) is 64.8 Å². The molecule has 0 spiro atoms. The molecule has 170 valence electrons. The first-order chi connectivity index (χ1) is 15.0. The van der Waals surface area contributed by atoms with Crippen LogP contribution in [0.15, 0.2) is 36.4 Å². The normalized spacial score (nSPS) is 16.7. The Bertz CT molecular complexity index is 820. The maximum absolute atomic E-state index is 10.4. The van der Waals surface area contributed by atoms with Crippen LogP contribution < -0.4 is 0 Å². The lowest BCUT2D eigenvalue weighted by atomic mass is 9.87. The average molecular weight is 445 g/mol. The van der Waals surface area contributed by atoms with Gasteiger partial charge in [-0.1, -0.05) is 12.1 Å². The van der Waals surface area contributed by atoms with Crippen LogP contribution >= 0.6 is 0 Å². The lowest BCUT2D eigenvalue weighted by Gasteiger charge is -2.29. The van der Waals surface area contributed by atoms with Crippen molar-refractivity contribution in [2.24, 2.45) is 0 Å². The van der Waals surface area contributed by atoms with Crippen LogP contribution in [0.2, 0.25) is 6.04 Å². The Morgan fingerprint density at radius 1 is 0.903 bits per heavy atom. The Kier molecular flexibility index (Phi) is 8.55. The molecule has 1 unspecified atom stereocenters. The third-order valence-corrected chi connectivity index (χ3v) is 9.07. The summed E-state index contributed by atoms with van der Waals surface area (Å²) in [5.74, 6) is 1.03. The SMILES string of the molecule is CCO[Si](CCc1cc(O)cc2c1CC(c1ccc(O)cc1)CCC2)(OCC)OCC. The highest BCUT2D eigenvalue weighted by molar-refractivity contribution is 6.60. The number of aryl methyl sites for hydroxylation is 2. The summed E-state index contributed by atoms with van der Waals surface area (Å²) in [5, 5.41) is 20.1. The summed E-state index contributed by atoms with van der Waals surface area (Å²) in [4.78, 5) is 0. The van der Waals surface area contributed by atoms with Gasteiger partial charge in [-0.25, -0.2) is 0 Å². The predicted octanol–water partition coefficient (Wildman–Crippen LogP) is 5.35. The lowest BCUT2D eigenvalue weighted by molar-refractivity contribution is 0.0714. The zero-order valence-corrected chi connectivity index (χ0v) is 20.0. The summed E-state index contributed by atoms with van der Waals surface area (Å²) < 4.78 is 18.1. The van der Waals surface area contributed by atoms with Crippen molar-refractivity contribution in [3.63, 3.8) is 0 Å². The minimum Gasteiger partial charge on any atom is -0.508 e. The highest BCUT2D eigenvalue weighted by Gasteiger charge is 2.40. The maximum atomic E-state index is 10.4. The van der Waals surface area contributed by atoms with Gasteiger partial charge in [0.1, 0.15) is 11.5 Å². The fourth-order valence-corrected chi connectivity index (χ4v) is 7.27.